The molecule has 2 N–H and O–H groups in total. The van der Waals surface area contributed by atoms with Gasteiger partial charge in [0.2, 0.25) is 5.91 Å². The Kier molecular flexibility index (Phi) is 7.44. The Morgan fingerprint density at radius 1 is 1.07 bits per heavy atom. The van der Waals surface area contributed by atoms with Crippen LogP contribution in [0.25, 0.3) is 0 Å². The summed E-state index contributed by atoms with van der Waals surface area (Å²) in [6.45, 7) is 7.82. The summed E-state index contributed by atoms with van der Waals surface area (Å²) in [6.07, 6.45) is 5.91. The standard InChI is InChI=1S/C33H40FN3O3/c1-3-22-4-6-23(7-5-22)19-36-20-27-26(28(27)21-36)18-33(17-24(32(35)38)8-11-31(33)39-2)25-9-10-30(29(34)16-25)37-12-14-40-15-13-37/h4-11,16,26-28H,3,12-15,17-21H2,1-2H3,(H2,35,38). The molecule has 0 aromatic heterocycles. The molecular formula is C33H40FN3O3. The number of hydrogen-bond acceptors (Lipinski definition) is 5. The molecule has 7 heteroatoms. The van der Waals surface area contributed by atoms with Crippen molar-refractivity contribution in [1.29, 1.82) is 0 Å². The highest BCUT2D eigenvalue weighted by molar-refractivity contribution is 5.93. The van der Waals surface area contributed by atoms with Gasteiger partial charge in [-0.15, -0.1) is 0 Å². The number of rotatable bonds is 9. The molecule has 6 rings (SSSR count). The van der Waals surface area contributed by atoms with Crippen molar-refractivity contribution in [3.63, 3.8) is 0 Å². The Hall–Kier alpha value is -3.16. The highest BCUT2D eigenvalue weighted by Crippen LogP contribution is 2.59. The zero-order chi connectivity index (χ0) is 27.9. The predicted octanol–water partition coefficient (Wildman–Crippen LogP) is 4.58. The number of benzene rings is 2. The number of methoxy groups -OCH3 is 1. The predicted molar refractivity (Wildman–Crippen MR) is 154 cm³/mol. The lowest BCUT2D eigenvalue weighted by atomic mass is 9.67. The number of anilines is 1. The summed E-state index contributed by atoms with van der Waals surface area (Å²) in [6, 6.07) is 14.5. The van der Waals surface area contributed by atoms with Crippen molar-refractivity contribution in [3.8, 4) is 0 Å². The highest BCUT2D eigenvalue weighted by Gasteiger charge is 2.59. The van der Waals surface area contributed by atoms with Crippen molar-refractivity contribution in [1.82, 2.24) is 4.90 Å². The van der Waals surface area contributed by atoms with Gasteiger partial charge in [-0.05, 0) is 71.9 Å². The maximum atomic E-state index is 15.7. The smallest absolute Gasteiger partial charge is 0.244 e. The number of hydrogen-bond donors (Lipinski definition) is 1. The summed E-state index contributed by atoms with van der Waals surface area (Å²) in [5.41, 5.74) is 9.87. The molecule has 0 spiro atoms. The minimum Gasteiger partial charge on any atom is -0.500 e. The number of morpholine rings is 1. The molecule has 3 fully saturated rings. The Balaban J connectivity index is 1.23. The molecule has 4 aliphatic rings. The first kappa shape index (κ1) is 27.0. The van der Waals surface area contributed by atoms with E-state index in [1.165, 1.54) is 11.1 Å². The summed E-state index contributed by atoms with van der Waals surface area (Å²) in [7, 11) is 1.67. The van der Waals surface area contributed by atoms with Crippen molar-refractivity contribution in [3.05, 3.63) is 88.5 Å². The second-order valence-electron chi connectivity index (χ2n) is 11.9. The molecule has 3 unspecified atom stereocenters. The number of piperidine rings is 1. The number of aryl methyl sites for hydroxylation is 1. The van der Waals surface area contributed by atoms with E-state index in [0.717, 1.165) is 43.8 Å². The lowest BCUT2D eigenvalue weighted by Gasteiger charge is -2.39. The van der Waals surface area contributed by atoms with Gasteiger partial charge >= 0.3 is 0 Å². The normalized spacial score (nSPS) is 28.1. The molecule has 6 nitrogen and oxygen atoms in total. The minimum absolute atomic E-state index is 0.249. The van der Waals surface area contributed by atoms with Gasteiger partial charge in [-0.1, -0.05) is 43.3 Å². The molecule has 0 radical (unpaired) electrons. The van der Waals surface area contributed by atoms with Crippen molar-refractivity contribution in [2.24, 2.45) is 23.5 Å². The molecule has 1 saturated carbocycles. The van der Waals surface area contributed by atoms with Crippen LogP contribution in [-0.4, -0.2) is 57.3 Å². The van der Waals surface area contributed by atoms with Gasteiger partial charge in [-0.25, -0.2) is 4.39 Å². The van der Waals surface area contributed by atoms with E-state index in [9.17, 15) is 4.79 Å². The number of primary amides is 1. The van der Waals surface area contributed by atoms with Crippen molar-refractivity contribution in [2.75, 3.05) is 51.4 Å². The van der Waals surface area contributed by atoms with Crippen molar-refractivity contribution in [2.45, 2.75) is 38.1 Å². The van der Waals surface area contributed by atoms with E-state index in [0.29, 0.717) is 61.7 Å². The van der Waals surface area contributed by atoms with Gasteiger partial charge in [-0.3, -0.25) is 9.69 Å². The molecule has 2 heterocycles. The third kappa shape index (κ3) is 5.06. The van der Waals surface area contributed by atoms with Gasteiger partial charge in [0.1, 0.15) is 11.6 Å². The third-order valence-electron chi connectivity index (χ3n) is 9.66. The van der Waals surface area contributed by atoms with E-state index in [2.05, 4.69) is 36.1 Å². The number of nitrogens with two attached hydrogens (primary N) is 1. The quantitative estimate of drug-likeness (QED) is 0.500. The topological polar surface area (TPSA) is 68.0 Å². The lowest BCUT2D eigenvalue weighted by Crippen LogP contribution is -2.38. The summed E-state index contributed by atoms with van der Waals surface area (Å²) in [5.74, 6) is 1.79. The number of fused-ring (bicyclic) bond motifs is 1. The van der Waals surface area contributed by atoms with Crippen LogP contribution in [-0.2, 0) is 32.6 Å². The van der Waals surface area contributed by atoms with E-state index in [1.54, 1.807) is 19.3 Å². The van der Waals surface area contributed by atoms with Crippen molar-refractivity contribution < 1.29 is 18.7 Å². The van der Waals surface area contributed by atoms with Gasteiger partial charge in [0.05, 0.1) is 31.4 Å². The van der Waals surface area contributed by atoms with Gasteiger partial charge < -0.3 is 20.1 Å². The van der Waals surface area contributed by atoms with Crippen LogP contribution in [0.5, 0.6) is 0 Å². The monoisotopic (exact) mass is 545 g/mol. The molecule has 0 bridgehead atoms. The van der Waals surface area contributed by atoms with E-state index < -0.39 is 11.3 Å². The second kappa shape index (κ2) is 11.0. The zero-order valence-corrected chi connectivity index (χ0v) is 23.6. The summed E-state index contributed by atoms with van der Waals surface area (Å²) < 4.78 is 27.1. The molecule has 2 saturated heterocycles. The largest absolute Gasteiger partial charge is 0.500 e. The summed E-state index contributed by atoms with van der Waals surface area (Å²) in [5, 5.41) is 0. The highest BCUT2D eigenvalue weighted by atomic mass is 19.1. The average Bonchev–Trinajstić information content (AvgIpc) is 3.40. The molecule has 2 aliphatic heterocycles. The third-order valence-corrected chi connectivity index (χ3v) is 9.66. The first-order valence-electron chi connectivity index (χ1n) is 14.6. The van der Waals surface area contributed by atoms with E-state index in [-0.39, 0.29) is 5.82 Å². The molecule has 3 atom stereocenters. The van der Waals surface area contributed by atoms with Crippen LogP contribution in [0.3, 0.4) is 0 Å². The van der Waals surface area contributed by atoms with Crippen LogP contribution in [0.15, 0.2) is 65.9 Å². The Morgan fingerprint density at radius 2 is 1.77 bits per heavy atom. The Morgan fingerprint density at radius 3 is 2.40 bits per heavy atom. The first-order chi connectivity index (χ1) is 19.4. The fraction of sp³-hybridized carbons (Fsp3) is 0.485. The molecular weight excluding hydrogens is 505 g/mol. The molecule has 2 aromatic carbocycles. The number of allylic oxidation sites excluding steroid dienone is 3. The van der Waals surface area contributed by atoms with Crippen molar-refractivity contribution >= 4 is 11.6 Å². The second-order valence-corrected chi connectivity index (χ2v) is 11.9. The number of amides is 1. The lowest BCUT2D eigenvalue weighted by molar-refractivity contribution is -0.114. The van der Waals surface area contributed by atoms with E-state index in [1.807, 2.05) is 23.1 Å². The fourth-order valence-corrected chi connectivity index (χ4v) is 7.35. The average molecular weight is 546 g/mol. The zero-order valence-electron chi connectivity index (χ0n) is 23.6. The molecule has 1 amide bonds. The van der Waals surface area contributed by atoms with Gasteiger partial charge in [-0.2, -0.15) is 0 Å². The number of ether oxygens (including phenoxy) is 2. The van der Waals surface area contributed by atoms with Crippen LogP contribution < -0.4 is 10.6 Å². The number of carbonyl (C=O) groups is 1. The number of nitrogens with zero attached hydrogens (tertiary/aromatic N) is 2. The minimum atomic E-state index is -0.631. The molecule has 40 heavy (non-hydrogen) atoms. The maximum Gasteiger partial charge on any atom is 0.244 e. The Bertz CT molecular complexity index is 1300. The molecule has 212 valence electrons. The number of likely N-dealkylation sites (tertiary alicyclic amines) is 1. The summed E-state index contributed by atoms with van der Waals surface area (Å²) in [4.78, 5) is 16.9. The van der Waals surface area contributed by atoms with E-state index >= 15 is 4.39 Å². The van der Waals surface area contributed by atoms with Gasteiger partial charge in [0.15, 0.2) is 0 Å². The van der Waals surface area contributed by atoms with Crippen LogP contribution in [0.1, 0.15) is 36.5 Å². The van der Waals surface area contributed by atoms with E-state index in [4.69, 9.17) is 15.2 Å². The van der Waals surface area contributed by atoms with Crippen LogP contribution in [0, 0.1) is 23.6 Å². The number of carbonyl (C=O) groups excluding carboxylic acids is 1. The van der Waals surface area contributed by atoms with Gasteiger partial charge in [0, 0.05) is 38.3 Å². The fourth-order valence-electron chi connectivity index (χ4n) is 7.35. The van der Waals surface area contributed by atoms with Gasteiger partial charge in [0.25, 0.3) is 0 Å². The summed E-state index contributed by atoms with van der Waals surface area (Å²) >= 11 is 0. The Labute approximate surface area is 236 Å². The SMILES string of the molecule is CCc1ccc(CN2CC3C(C2)C3CC2(c3ccc(N4CCOCC4)c(F)c3)CC(C(N)=O)=CC=C2OC)cc1. The molecule has 2 aliphatic carbocycles. The van der Waals surface area contributed by atoms with Crippen LogP contribution in [0.2, 0.25) is 0 Å². The first-order valence-corrected chi connectivity index (χ1v) is 14.6. The van der Waals surface area contributed by atoms with Crippen LogP contribution in [0.4, 0.5) is 10.1 Å². The number of halogens is 1. The van der Waals surface area contributed by atoms with Crippen LogP contribution >= 0.6 is 0 Å². The molecule has 2 aromatic rings. The maximum absolute atomic E-state index is 15.7.